The van der Waals surface area contributed by atoms with Crippen molar-refractivity contribution in [2.24, 2.45) is 0 Å². The smallest absolute Gasteiger partial charge is 0.335 e. The van der Waals surface area contributed by atoms with Gasteiger partial charge in [0, 0.05) is 6.42 Å². The van der Waals surface area contributed by atoms with Crippen molar-refractivity contribution in [3.05, 3.63) is 0 Å². The first-order valence-electron chi connectivity index (χ1n) is 4.59. The van der Waals surface area contributed by atoms with Gasteiger partial charge in [0.05, 0.1) is 18.8 Å². The van der Waals surface area contributed by atoms with Crippen LogP contribution in [0, 0.1) is 0 Å². The molecule has 0 aliphatic carbocycles. The van der Waals surface area contributed by atoms with E-state index in [1.54, 1.807) is 13.8 Å². The highest BCUT2D eigenvalue weighted by molar-refractivity contribution is 5.75. The predicted octanol–water partition coefficient (Wildman–Crippen LogP) is 0.478. The van der Waals surface area contributed by atoms with Gasteiger partial charge >= 0.3 is 5.97 Å². The van der Waals surface area contributed by atoms with E-state index in [-0.39, 0.29) is 12.1 Å². The quantitative estimate of drug-likeness (QED) is 0.640. The Labute approximate surface area is 77.8 Å². The lowest BCUT2D eigenvalue weighted by Gasteiger charge is -2.25. The van der Waals surface area contributed by atoms with Crippen molar-refractivity contribution in [3.8, 4) is 0 Å². The Balaban J connectivity index is 2.37. The number of hydrogen-bond acceptors (Lipinski definition) is 4. The molecular weight excluding hydrogens is 172 g/mol. The third-order valence-electron chi connectivity index (χ3n) is 1.87. The number of hydrogen-bond donors (Lipinski definition) is 1. The Bertz CT molecular complexity index is 178. The molecule has 13 heavy (non-hydrogen) atoms. The van der Waals surface area contributed by atoms with Crippen molar-refractivity contribution >= 4 is 5.97 Å². The van der Waals surface area contributed by atoms with Crippen LogP contribution in [0.3, 0.4) is 0 Å². The molecule has 0 saturated carbocycles. The topological polar surface area (TPSA) is 55.8 Å². The molecule has 1 saturated heterocycles. The minimum Gasteiger partial charge on any atom is -0.461 e. The first-order chi connectivity index (χ1) is 6.09. The average Bonchev–Trinajstić information content (AvgIpc) is 2.03. The highest BCUT2D eigenvalue weighted by atomic mass is 16.6. The van der Waals surface area contributed by atoms with Gasteiger partial charge in [0.15, 0.2) is 6.10 Å². The highest BCUT2D eigenvalue weighted by Gasteiger charge is 2.28. The Morgan fingerprint density at radius 1 is 1.62 bits per heavy atom. The van der Waals surface area contributed by atoms with E-state index in [1.807, 2.05) is 0 Å². The fraction of sp³-hybridized carbons (Fsp3) is 0.889. The summed E-state index contributed by atoms with van der Waals surface area (Å²) in [5.41, 5.74) is 0. The molecule has 0 aromatic rings. The Hall–Kier alpha value is -0.610. The summed E-state index contributed by atoms with van der Waals surface area (Å²) in [5.74, 6) is -0.367. The van der Waals surface area contributed by atoms with Crippen LogP contribution in [0.15, 0.2) is 0 Å². The minimum atomic E-state index is -0.578. The second-order valence-corrected chi connectivity index (χ2v) is 3.52. The van der Waals surface area contributed by atoms with Crippen LogP contribution in [0.1, 0.15) is 26.7 Å². The molecule has 0 radical (unpaired) electrons. The number of ether oxygens (including phenoxy) is 2. The number of aliphatic hydroxyl groups is 1. The molecule has 0 aromatic heterocycles. The lowest BCUT2D eigenvalue weighted by Crippen LogP contribution is -2.36. The maximum atomic E-state index is 11.3. The molecule has 0 spiro atoms. The zero-order chi connectivity index (χ0) is 9.84. The zero-order valence-corrected chi connectivity index (χ0v) is 8.03. The fourth-order valence-electron chi connectivity index (χ4n) is 1.25. The Morgan fingerprint density at radius 3 is 2.85 bits per heavy atom. The second kappa shape index (κ2) is 4.58. The standard InChI is InChI=1S/C9H16O4/c1-6(2)13-9(11)8-5-7(10)3-4-12-8/h6-8,10H,3-5H2,1-2H3. The van der Waals surface area contributed by atoms with E-state index in [9.17, 15) is 9.90 Å². The van der Waals surface area contributed by atoms with Gasteiger partial charge in [0.25, 0.3) is 0 Å². The number of esters is 1. The van der Waals surface area contributed by atoms with Crippen LogP contribution in [-0.2, 0) is 14.3 Å². The zero-order valence-electron chi connectivity index (χ0n) is 8.03. The highest BCUT2D eigenvalue weighted by Crippen LogP contribution is 2.15. The summed E-state index contributed by atoms with van der Waals surface area (Å²) in [7, 11) is 0. The van der Waals surface area contributed by atoms with E-state index in [4.69, 9.17) is 9.47 Å². The van der Waals surface area contributed by atoms with Gasteiger partial charge in [-0.25, -0.2) is 4.79 Å². The van der Waals surface area contributed by atoms with E-state index >= 15 is 0 Å². The molecule has 1 heterocycles. The molecule has 2 unspecified atom stereocenters. The number of carbonyl (C=O) groups is 1. The molecule has 1 aliphatic rings. The summed E-state index contributed by atoms with van der Waals surface area (Å²) >= 11 is 0. The van der Waals surface area contributed by atoms with Crippen LogP contribution >= 0.6 is 0 Å². The SMILES string of the molecule is CC(C)OC(=O)C1CC(O)CCO1. The lowest BCUT2D eigenvalue weighted by molar-refractivity contribution is -0.167. The monoisotopic (exact) mass is 188 g/mol. The van der Waals surface area contributed by atoms with Crippen LogP contribution in [-0.4, -0.2) is 36.0 Å². The molecule has 1 fully saturated rings. The lowest BCUT2D eigenvalue weighted by atomic mass is 10.1. The number of carbonyl (C=O) groups excluding carboxylic acids is 1. The van der Waals surface area contributed by atoms with Gasteiger partial charge in [-0.1, -0.05) is 0 Å². The molecule has 4 nitrogen and oxygen atoms in total. The van der Waals surface area contributed by atoms with Crippen LogP contribution in [0.5, 0.6) is 0 Å². The largest absolute Gasteiger partial charge is 0.461 e. The van der Waals surface area contributed by atoms with Crippen molar-refractivity contribution in [1.82, 2.24) is 0 Å². The Morgan fingerprint density at radius 2 is 2.31 bits per heavy atom. The van der Waals surface area contributed by atoms with Crippen LogP contribution in [0.4, 0.5) is 0 Å². The van der Waals surface area contributed by atoms with Gasteiger partial charge in [0.1, 0.15) is 0 Å². The van der Waals surface area contributed by atoms with Gasteiger partial charge in [0.2, 0.25) is 0 Å². The molecule has 76 valence electrons. The molecule has 2 atom stereocenters. The van der Waals surface area contributed by atoms with Crippen molar-refractivity contribution in [2.75, 3.05) is 6.61 Å². The van der Waals surface area contributed by atoms with Crippen molar-refractivity contribution < 1.29 is 19.4 Å². The molecule has 0 bridgehead atoms. The van der Waals surface area contributed by atoms with Crippen LogP contribution < -0.4 is 0 Å². The van der Waals surface area contributed by atoms with Gasteiger partial charge < -0.3 is 14.6 Å². The summed E-state index contributed by atoms with van der Waals surface area (Å²) in [6.07, 6.45) is -0.184. The van der Waals surface area contributed by atoms with E-state index in [0.717, 1.165) is 0 Å². The summed E-state index contributed by atoms with van der Waals surface area (Å²) in [6, 6.07) is 0. The predicted molar refractivity (Wildman–Crippen MR) is 46.2 cm³/mol. The molecule has 0 amide bonds. The third kappa shape index (κ3) is 3.32. The first-order valence-corrected chi connectivity index (χ1v) is 4.59. The van der Waals surface area contributed by atoms with Crippen LogP contribution in [0.25, 0.3) is 0 Å². The molecule has 0 aromatic carbocycles. The van der Waals surface area contributed by atoms with E-state index < -0.39 is 12.2 Å². The van der Waals surface area contributed by atoms with Crippen molar-refractivity contribution in [1.29, 1.82) is 0 Å². The second-order valence-electron chi connectivity index (χ2n) is 3.52. The van der Waals surface area contributed by atoms with Crippen molar-refractivity contribution in [3.63, 3.8) is 0 Å². The summed E-state index contributed by atoms with van der Waals surface area (Å²) in [6.45, 7) is 4.01. The molecule has 1 aliphatic heterocycles. The molecule has 4 heteroatoms. The van der Waals surface area contributed by atoms with E-state index in [0.29, 0.717) is 19.4 Å². The van der Waals surface area contributed by atoms with Gasteiger partial charge in [-0.3, -0.25) is 0 Å². The Kier molecular flexibility index (Phi) is 3.69. The van der Waals surface area contributed by atoms with Gasteiger partial charge in [-0.2, -0.15) is 0 Å². The van der Waals surface area contributed by atoms with E-state index in [2.05, 4.69) is 0 Å². The molecule has 1 rings (SSSR count). The fourth-order valence-corrected chi connectivity index (χ4v) is 1.25. The molecule has 1 N–H and O–H groups in total. The maximum absolute atomic E-state index is 11.3. The van der Waals surface area contributed by atoms with E-state index in [1.165, 1.54) is 0 Å². The van der Waals surface area contributed by atoms with Gasteiger partial charge in [-0.05, 0) is 20.3 Å². The normalized spacial score (nSPS) is 28.9. The van der Waals surface area contributed by atoms with Gasteiger partial charge in [-0.15, -0.1) is 0 Å². The summed E-state index contributed by atoms with van der Waals surface area (Å²) < 4.78 is 10.1. The van der Waals surface area contributed by atoms with Crippen molar-refractivity contribution in [2.45, 2.75) is 45.0 Å². The average molecular weight is 188 g/mol. The number of aliphatic hydroxyl groups excluding tert-OH is 1. The maximum Gasteiger partial charge on any atom is 0.335 e. The third-order valence-corrected chi connectivity index (χ3v) is 1.87. The summed E-state index contributed by atoms with van der Waals surface area (Å²) in [4.78, 5) is 11.3. The molecular formula is C9H16O4. The number of rotatable bonds is 2. The first kappa shape index (κ1) is 10.5. The summed E-state index contributed by atoms with van der Waals surface area (Å²) in [5, 5.41) is 9.27. The minimum absolute atomic E-state index is 0.129. The van der Waals surface area contributed by atoms with Crippen LogP contribution in [0.2, 0.25) is 0 Å².